The van der Waals surface area contributed by atoms with E-state index in [0.29, 0.717) is 15.2 Å². The van der Waals surface area contributed by atoms with E-state index in [9.17, 15) is 8.42 Å². The second-order valence-electron chi connectivity index (χ2n) is 3.45. The second kappa shape index (κ2) is 5.73. The molecule has 1 aromatic heterocycles. The molecule has 0 saturated heterocycles. The Kier molecular flexibility index (Phi) is 4.47. The van der Waals surface area contributed by atoms with E-state index in [1.165, 1.54) is 11.3 Å². The minimum absolute atomic E-state index is 0.291. The Balaban J connectivity index is 2.33. The predicted molar refractivity (Wildman–Crippen MR) is 81.9 cm³/mol. The lowest BCUT2D eigenvalue weighted by Gasteiger charge is -2.09. The summed E-state index contributed by atoms with van der Waals surface area (Å²) in [5.74, 6) is 0. The summed E-state index contributed by atoms with van der Waals surface area (Å²) in [6.07, 6.45) is 0. The van der Waals surface area contributed by atoms with Crippen LogP contribution in [0, 0.1) is 0 Å². The summed E-state index contributed by atoms with van der Waals surface area (Å²) in [5.41, 5.74) is 1.50. The summed E-state index contributed by atoms with van der Waals surface area (Å²) in [5, 5.41) is 0.597. The molecule has 3 nitrogen and oxygen atoms in total. The molecule has 1 aromatic carbocycles. The number of sulfonamides is 1. The zero-order valence-corrected chi connectivity index (χ0v) is 13.9. The molecule has 18 heavy (non-hydrogen) atoms. The van der Waals surface area contributed by atoms with Crippen molar-refractivity contribution in [2.24, 2.45) is 0 Å². The van der Waals surface area contributed by atoms with Crippen LogP contribution in [-0.4, -0.2) is 8.42 Å². The quantitative estimate of drug-likeness (QED) is 0.767. The van der Waals surface area contributed by atoms with Gasteiger partial charge in [-0.15, -0.1) is 11.3 Å². The van der Waals surface area contributed by atoms with Crippen molar-refractivity contribution in [3.8, 4) is 0 Å². The van der Waals surface area contributed by atoms with Crippen molar-refractivity contribution in [3.63, 3.8) is 0 Å². The highest BCUT2D eigenvalue weighted by Crippen LogP contribution is 2.28. The van der Waals surface area contributed by atoms with E-state index >= 15 is 0 Å². The van der Waals surface area contributed by atoms with Gasteiger partial charge in [0.25, 0.3) is 10.0 Å². The lowest BCUT2D eigenvalue weighted by molar-refractivity contribution is 0.603. The summed E-state index contributed by atoms with van der Waals surface area (Å²) in [6.45, 7) is 0. The number of para-hydroxylation sites is 1. The SMILES string of the molecule is O=S(=O)(Nc1ccccc1CBr)c1ccc(Br)s1. The van der Waals surface area contributed by atoms with Gasteiger partial charge in [0, 0.05) is 5.33 Å². The Morgan fingerprint density at radius 2 is 1.89 bits per heavy atom. The Hall–Kier alpha value is -0.370. The highest BCUT2D eigenvalue weighted by molar-refractivity contribution is 9.11. The summed E-state index contributed by atoms with van der Waals surface area (Å²) in [7, 11) is -3.51. The van der Waals surface area contributed by atoms with Crippen molar-refractivity contribution in [3.05, 3.63) is 45.7 Å². The number of nitrogens with one attached hydrogen (secondary N) is 1. The maximum Gasteiger partial charge on any atom is 0.271 e. The third kappa shape index (κ3) is 3.14. The first-order chi connectivity index (χ1) is 8.53. The second-order valence-corrected chi connectivity index (χ2v) is 8.39. The standard InChI is InChI=1S/C11H9Br2NO2S2/c12-7-8-3-1-2-4-9(8)14-18(15,16)11-6-5-10(13)17-11/h1-6,14H,7H2. The highest BCUT2D eigenvalue weighted by atomic mass is 79.9. The maximum absolute atomic E-state index is 12.1. The van der Waals surface area contributed by atoms with Crippen LogP contribution in [0.1, 0.15) is 5.56 Å². The van der Waals surface area contributed by atoms with Crippen molar-refractivity contribution in [1.29, 1.82) is 0 Å². The summed E-state index contributed by atoms with van der Waals surface area (Å²) in [6, 6.07) is 10.6. The maximum atomic E-state index is 12.1. The van der Waals surface area contributed by atoms with Crippen LogP contribution in [0.4, 0.5) is 5.69 Å². The van der Waals surface area contributed by atoms with E-state index in [0.717, 1.165) is 9.35 Å². The van der Waals surface area contributed by atoms with Crippen LogP contribution < -0.4 is 4.72 Å². The van der Waals surface area contributed by atoms with E-state index in [1.807, 2.05) is 12.1 Å². The molecule has 0 spiro atoms. The first-order valence-electron chi connectivity index (χ1n) is 4.95. The average molecular weight is 411 g/mol. The molecule has 0 aliphatic carbocycles. The Morgan fingerprint density at radius 1 is 1.17 bits per heavy atom. The minimum atomic E-state index is -3.51. The number of rotatable bonds is 4. The van der Waals surface area contributed by atoms with Gasteiger partial charge >= 0.3 is 0 Å². The molecule has 0 fully saturated rings. The molecule has 0 aliphatic rings. The van der Waals surface area contributed by atoms with Gasteiger partial charge in [-0.25, -0.2) is 8.42 Å². The fraction of sp³-hybridized carbons (Fsp3) is 0.0909. The molecule has 2 rings (SSSR count). The van der Waals surface area contributed by atoms with E-state index < -0.39 is 10.0 Å². The van der Waals surface area contributed by atoms with Crippen LogP contribution in [0.2, 0.25) is 0 Å². The first kappa shape index (κ1) is 14.0. The molecule has 96 valence electrons. The molecule has 0 bridgehead atoms. The van der Waals surface area contributed by atoms with Crippen LogP contribution in [0.5, 0.6) is 0 Å². The Labute approximate surface area is 127 Å². The zero-order chi connectivity index (χ0) is 13.2. The normalized spacial score (nSPS) is 11.4. The van der Waals surface area contributed by atoms with Crippen molar-refractivity contribution < 1.29 is 8.42 Å². The van der Waals surface area contributed by atoms with E-state index in [2.05, 4.69) is 36.6 Å². The smallest absolute Gasteiger partial charge is 0.271 e. The third-order valence-electron chi connectivity index (χ3n) is 2.22. The number of halogens is 2. The fourth-order valence-electron chi connectivity index (χ4n) is 1.37. The molecule has 0 saturated carbocycles. The monoisotopic (exact) mass is 409 g/mol. The number of thiophene rings is 1. The van der Waals surface area contributed by atoms with Crippen LogP contribution in [0.25, 0.3) is 0 Å². The van der Waals surface area contributed by atoms with E-state index in [1.54, 1.807) is 24.3 Å². The summed E-state index contributed by atoms with van der Waals surface area (Å²) < 4.78 is 28.0. The molecular weight excluding hydrogens is 402 g/mol. The predicted octanol–water partition coefficient (Wildman–Crippen LogP) is 4.21. The number of anilines is 1. The van der Waals surface area contributed by atoms with Gasteiger partial charge in [0.05, 0.1) is 9.47 Å². The lowest BCUT2D eigenvalue weighted by Crippen LogP contribution is -2.12. The molecule has 0 unspecified atom stereocenters. The van der Waals surface area contributed by atoms with Gasteiger partial charge in [-0.3, -0.25) is 4.72 Å². The van der Waals surface area contributed by atoms with Gasteiger partial charge in [0.2, 0.25) is 0 Å². The van der Waals surface area contributed by atoms with Gasteiger partial charge in [0.1, 0.15) is 4.21 Å². The van der Waals surface area contributed by atoms with Crippen molar-refractivity contribution in [1.82, 2.24) is 0 Å². The van der Waals surface area contributed by atoms with Crippen LogP contribution >= 0.6 is 43.2 Å². The van der Waals surface area contributed by atoms with Gasteiger partial charge in [-0.2, -0.15) is 0 Å². The molecule has 2 aromatic rings. The average Bonchev–Trinajstić information content (AvgIpc) is 2.77. The van der Waals surface area contributed by atoms with Crippen molar-refractivity contribution in [2.45, 2.75) is 9.54 Å². The van der Waals surface area contributed by atoms with Gasteiger partial charge in [-0.1, -0.05) is 34.1 Å². The van der Waals surface area contributed by atoms with Gasteiger partial charge < -0.3 is 0 Å². The van der Waals surface area contributed by atoms with Crippen LogP contribution in [0.15, 0.2) is 44.4 Å². The largest absolute Gasteiger partial charge is 0.279 e. The molecule has 0 amide bonds. The third-order valence-corrected chi connectivity index (χ3v) is 6.30. The first-order valence-corrected chi connectivity index (χ1v) is 9.16. The fourth-order valence-corrected chi connectivity index (χ4v) is 4.97. The minimum Gasteiger partial charge on any atom is -0.279 e. The van der Waals surface area contributed by atoms with Gasteiger partial charge in [-0.05, 0) is 39.7 Å². The Bertz CT molecular complexity index is 653. The molecule has 1 heterocycles. The Morgan fingerprint density at radius 3 is 2.50 bits per heavy atom. The summed E-state index contributed by atoms with van der Waals surface area (Å²) in [4.78, 5) is 0. The topological polar surface area (TPSA) is 46.2 Å². The van der Waals surface area contributed by atoms with E-state index in [-0.39, 0.29) is 0 Å². The molecule has 0 aliphatic heterocycles. The van der Waals surface area contributed by atoms with Crippen LogP contribution in [-0.2, 0) is 15.4 Å². The molecule has 7 heteroatoms. The number of benzene rings is 1. The number of hydrogen-bond acceptors (Lipinski definition) is 3. The van der Waals surface area contributed by atoms with Crippen LogP contribution in [0.3, 0.4) is 0 Å². The lowest BCUT2D eigenvalue weighted by atomic mass is 10.2. The zero-order valence-electron chi connectivity index (χ0n) is 9.06. The molecule has 0 radical (unpaired) electrons. The molecular formula is C11H9Br2NO2S2. The molecule has 0 atom stereocenters. The van der Waals surface area contributed by atoms with Crippen molar-refractivity contribution >= 4 is 58.9 Å². The van der Waals surface area contributed by atoms with Crippen molar-refractivity contribution in [2.75, 3.05) is 4.72 Å². The summed E-state index contributed by atoms with van der Waals surface area (Å²) >= 11 is 7.78. The number of alkyl halides is 1. The van der Waals surface area contributed by atoms with E-state index in [4.69, 9.17) is 0 Å². The highest BCUT2D eigenvalue weighted by Gasteiger charge is 2.17. The number of hydrogen-bond donors (Lipinski definition) is 1. The van der Waals surface area contributed by atoms with Gasteiger partial charge in [0.15, 0.2) is 0 Å². The molecule has 1 N–H and O–H groups in total.